The number of aryl methyl sites for hydroxylation is 1. The molecule has 2 N–H and O–H groups in total. The van der Waals surface area contributed by atoms with Crippen molar-refractivity contribution < 1.29 is 13.2 Å². The van der Waals surface area contributed by atoms with Crippen molar-refractivity contribution >= 4 is 17.6 Å². The molecule has 0 spiro atoms. The highest BCUT2D eigenvalue weighted by molar-refractivity contribution is 5.64. The summed E-state index contributed by atoms with van der Waals surface area (Å²) in [5.74, 6) is 1.63. The molecular weight excluding hydrogens is 427 g/mol. The van der Waals surface area contributed by atoms with Crippen LogP contribution in [-0.4, -0.2) is 21.5 Å². The molecule has 0 saturated carbocycles. The molecule has 0 aliphatic heterocycles. The molecule has 2 heterocycles. The largest absolute Gasteiger partial charge is 0.416 e. The minimum absolute atomic E-state index is 0.498. The van der Waals surface area contributed by atoms with Gasteiger partial charge < -0.3 is 10.6 Å². The van der Waals surface area contributed by atoms with Crippen LogP contribution in [0.3, 0.4) is 0 Å². The van der Waals surface area contributed by atoms with E-state index in [1.807, 2.05) is 25.1 Å². The molecule has 4 aromatic rings. The Hall–Kier alpha value is -3.94. The number of nitrogens with one attached hydrogen (secondary N) is 2. The van der Waals surface area contributed by atoms with Gasteiger partial charge in [0.25, 0.3) is 0 Å². The second-order valence-corrected chi connectivity index (χ2v) is 7.50. The van der Waals surface area contributed by atoms with Crippen molar-refractivity contribution in [3.05, 3.63) is 95.7 Å². The van der Waals surface area contributed by atoms with Crippen LogP contribution in [-0.2, 0) is 12.6 Å². The number of anilines is 3. The van der Waals surface area contributed by atoms with E-state index >= 15 is 0 Å². The van der Waals surface area contributed by atoms with E-state index in [-0.39, 0.29) is 0 Å². The zero-order valence-electron chi connectivity index (χ0n) is 17.9. The minimum atomic E-state index is -4.37. The summed E-state index contributed by atoms with van der Waals surface area (Å²) >= 11 is 0. The van der Waals surface area contributed by atoms with E-state index in [1.165, 1.54) is 17.7 Å². The third-order valence-corrected chi connectivity index (χ3v) is 5.01. The Bertz CT molecular complexity index is 1210. The third kappa shape index (κ3) is 5.85. The summed E-state index contributed by atoms with van der Waals surface area (Å²) in [6.45, 7) is 2.57. The van der Waals surface area contributed by atoms with Crippen molar-refractivity contribution in [1.29, 1.82) is 0 Å². The van der Waals surface area contributed by atoms with Crippen molar-refractivity contribution in [2.75, 3.05) is 17.2 Å². The van der Waals surface area contributed by atoms with E-state index in [1.54, 1.807) is 24.4 Å². The van der Waals surface area contributed by atoms with E-state index in [9.17, 15) is 13.2 Å². The highest BCUT2D eigenvalue weighted by Gasteiger charge is 2.30. The number of hydrogen-bond donors (Lipinski definition) is 2. The van der Waals surface area contributed by atoms with Gasteiger partial charge in [0.2, 0.25) is 5.95 Å². The molecule has 0 radical (unpaired) electrons. The van der Waals surface area contributed by atoms with Crippen molar-refractivity contribution in [2.45, 2.75) is 19.5 Å². The molecule has 0 aliphatic carbocycles. The Balaban J connectivity index is 1.46. The van der Waals surface area contributed by atoms with Crippen LogP contribution < -0.4 is 10.6 Å². The van der Waals surface area contributed by atoms with Gasteiger partial charge in [0.1, 0.15) is 11.6 Å². The molecule has 33 heavy (non-hydrogen) atoms. The highest BCUT2D eigenvalue weighted by atomic mass is 19.4. The average molecular weight is 449 g/mol. The Kier molecular flexibility index (Phi) is 6.53. The number of hydrogen-bond acceptors (Lipinski definition) is 5. The van der Waals surface area contributed by atoms with Crippen LogP contribution in [0.2, 0.25) is 0 Å². The first-order chi connectivity index (χ1) is 15.9. The monoisotopic (exact) mass is 449 g/mol. The molecular formula is C25H22F3N5. The molecule has 4 rings (SSSR count). The summed E-state index contributed by atoms with van der Waals surface area (Å²) in [6, 6.07) is 20.4. The fourth-order valence-corrected chi connectivity index (χ4v) is 3.23. The topological polar surface area (TPSA) is 62.7 Å². The van der Waals surface area contributed by atoms with Crippen molar-refractivity contribution in [2.24, 2.45) is 0 Å². The summed E-state index contributed by atoms with van der Waals surface area (Å²) in [5.41, 5.74) is 2.52. The predicted molar refractivity (Wildman–Crippen MR) is 123 cm³/mol. The van der Waals surface area contributed by atoms with Crippen LogP contribution in [0.5, 0.6) is 0 Å². The van der Waals surface area contributed by atoms with Gasteiger partial charge in [0.05, 0.1) is 11.3 Å². The van der Waals surface area contributed by atoms with Crippen LogP contribution in [0, 0.1) is 6.92 Å². The Labute approximate surface area is 189 Å². The molecule has 0 fully saturated rings. The summed E-state index contributed by atoms with van der Waals surface area (Å²) in [7, 11) is 0. The zero-order valence-corrected chi connectivity index (χ0v) is 17.9. The standard InChI is InChI=1S/C25H22F3N5/c1-17-16-30-24(29-15-14-18-6-3-2-4-7-18)33-23(17)32-22-9-5-8-21(31-22)19-10-12-20(13-11-19)25(26,27)28/h2-13,16H,14-15H2,1H3,(H2,29,30,31,32,33). The van der Waals surface area contributed by atoms with Gasteiger partial charge in [-0.15, -0.1) is 0 Å². The van der Waals surface area contributed by atoms with Crippen LogP contribution in [0.1, 0.15) is 16.7 Å². The van der Waals surface area contributed by atoms with Gasteiger partial charge in [0, 0.05) is 23.9 Å². The van der Waals surface area contributed by atoms with E-state index in [0.29, 0.717) is 35.4 Å². The summed E-state index contributed by atoms with van der Waals surface area (Å²) in [4.78, 5) is 13.4. The molecule has 2 aromatic heterocycles. The lowest BCUT2D eigenvalue weighted by Crippen LogP contribution is -2.09. The molecule has 0 aliphatic rings. The quantitative estimate of drug-likeness (QED) is 0.348. The predicted octanol–water partition coefficient (Wildman–Crippen LogP) is 6.26. The van der Waals surface area contributed by atoms with Crippen LogP contribution in [0.25, 0.3) is 11.3 Å². The van der Waals surface area contributed by atoms with E-state index in [0.717, 1.165) is 24.1 Å². The smallest absolute Gasteiger partial charge is 0.354 e. The van der Waals surface area contributed by atoms with Gasteiger partial charge >= 0.3 is 6.18 Å². The number of aromatic nitrogens is 3. The fourth-order valence-electron chi connectivity index (χ4n) is 3.23. The molecule has 0 unspecified atom stereocenters. The van der Waals surface area contributed by atoms with E-state index in [2.05, 4.69) is 37.7 Å². The second kappa shape index (κ2) is 9.68. The summed E-state index contributed by atoms with van der Waals surface area (Å²) < 4.78 is 38.5. The van der Waals surface area contributed by atoms with Gasteiger partial charge in [-0.3, -0.25) is 0 Å². The first kappa shape index (κ1) is 22.3. The zero-order chi connectivity index (χ0) is 23.3. The number of halogens is 3. The first-order valence-electron chi connectivity index (χ1n) is 10.4. The van der Waals surface area contributed by atoms with Gasteiger partial charge in [0.15, 0.2) is 0 Å². The summed E-state index contributed by atoms with van der Waals surface area (Å²) in [5, 5.41) is 6.41. The molecule has 0 bridgehead atoms. The maximum absolute atomic E-state index is 12.8. The molecule has 2 aromatic carbocycles. The number of rotatable bonds is 7. The summed E-state index contributed by atoms with van der Waals surface area (Å²) in [6.07, 6.45) is -1.80. The molecule has 168 valence electrons. The lowest BCUT2D eigenvalue weighted by Gasteiger charge is -2.12. The maximum atomic E-state index is 12.8. The van der Waals surface area contributed by atoms with E-state index < -0.39 is 11.7 Å². The molecule has 0 amide bonds. The van der Waals surface area contributed by atoms with Crippen LogP contribution in [0.15, 0.2) is 79.0 Å². The number of nitrogens with zero attached hydrogens (tertiary/aromatic N) is 3. The SMILES string of the molecule is Cc1cnc(NCCc2ccccc2)nc1Nc1cccc(-c2ccc(C(F)(F)F)cc2)n1. The Morgan fingerprint density at radius 2 is 1.61 bits per heavy atom. The highest BCUT2D eigenvalue weighted by Crippen LogP contribution is 2.31. The average Bonchev–Trinajstić information content (AvgIpc) is 2.82. The van der Waals surface area contributed by atoms with Crippen LogP contribution >= 0.6 is 0 Å². The number of pyridine rings is 1. The van der Waals surface area contributed by atoms with Gasteiger partial charge in [-0.05, 0) is 43.2 Å². The normalized spacial score (nSPS) is 11.3. The van der Waals surface area contributed by atoms with Crippen LogP contribution in [0.4, 0.5) is 30.8 Å². The maximum Gasteiger partial charge on any atom is 0.416 e. The molecule has 8 heteroatoms. The minimum Gasteiger partial charge on any atom is -0.354 e. The van der Waals surface area contributed by atoms with Crippen molar-refractivity contribution in [3.8, 4) is 11.3 Å². The van der Waals surface area contributed by atoms with Gasteiger partial charge in [-0.2, -0.15) is 18.2 Å². The molecule has 5 nitrogen and oxygen atoms in total. The number of benzene rings is 2. The molecule has 0 saturated heterocycles. The lowest BCUT2D eigenvalue weighted by atomic mass is 10.1. The van der Waals surface area contributed by atoms with Gasteiger partial charge in [-0.1, -0.05) is 48.5 Å². The van der Waals surface area contributed by atoms with Gasteiger partial charge in [-0.25, -0.2) is 9.97 Å². The van der Waals surface area contributed by atoms with Crippen molar-refractivity contribution in [3.63, 3.8) is 0 Å². The van der Waals surface area contributed by atoms with E-state index in [4.69, 9.17) is 0 Å². The first-order valence-corrected chi connectivity index (χ1v) is 10.4. The number of alkyl halides is 3. The molecule has 0 atom stereocenters. The third-order valence-electron chi connectivity index (χ3n) is 5.01. The Morgan fingerprint density at radius 1 is 0.848 bits per heavy atom. The Morgan fingerprint density at radius 3 is 2.33 bits per heavy atom. The lowest BCUT2D eigenvalue weighted by molar-refractivity contribution is -0.137. The fraction of sp³-hybridized carbons (Fsp3) is 0.160. The second-order valence-electron chi connectivity index (χ2n) is 7.50. The van der Waals surface area contributed by atoms with Crippen molar-refractivity contribution in [1.82, 2.24) is 15.0 Å².